The van der Waals surface area contributed by atoms with Crippen LogP contribution in [0.2, 0.25) is 0 Å². The van der Waals surface area contributed by atoms with Crippen LogP contribution in [0, 0.1) is 0 Å². The molecule has 2 rings (SSSR count). The van der Waals surface area contributed by atoms with Gasteiger partial charge in [-0.25, -0.2) is 4.98 Å². The quantitative estimate of drug-likeness (QED) is 0.794. The lowest BCUT2D eigenvalue weighted by atomic mass is 10.1. The van der Waals surface area contributed by atoms with Crippen molar-refractivity contribution in [1.82, 2.24) is 4.98 Å². The highest BCUT2D eigenvalue weighted by atomic mass is 32.1. The number of benzene rings is 1. The summed E-state index contributed by atoms with van der Waals surface area (Å²) < 4.78 is 10.2. The van der Waals surface area contributed by atoms with Crippen LogP contribution in [-0.2, 0) is 29.0 Å². The van der Waals surface area contributed by atoms with E-state index >= 15 is 0 Å². The first-order valence-electron chi connectivity index (χ1n) is 7.07. The number of rotatable bonds is 7. The first-order valence-corrected chi connectivity index (χ1v) is 7.95. The Kier molecular flexibility index (Phi) is 5.77. The van der Waals surface area contributed by atoms with Crippen LogP contribution in [0.25, 0.3) is 0 Å². The molecular formula is C16H19NO4S. The molecule has 0 saturated carbocycles. The lowest BCUT2D eigenvalue weighted by Gasteiger charge is -2.06. The molecule has 0 atom stereocenters. The molecule has 0 radical (unpaired) electrons. The molecule has 1 aromatic heterocycles. The van der Waals surface area contributed by atoms with Crippen LogP contribution in [-0.4, -0.2) is 23.2 Å². The van der Waals surface area contributed by atoms with E-state index < -0.39 is 0 Å². The highest BCUT2D eigenvalue weighted by Crippen LogP contribution is 2.26. The van der Waals surface area contributed by atoms with Crippen molar-refractivity contribution in [3.63, 3.8) is 0 Å². The smallest absolute Gasteiger partial charge is 0.306 e. The second-order valence-electron chi connectivity index (χ2n) is 4.75. The summed E-state index contributed by atoms with van der Waals surface area (Å²) in [7, 11) is 1.49. The van der Waals surface area contributed by atoms with E-state index in [0.717, 1.165) is 22.7 Å². The van der Waals surface area contributed by atoms with Crippen LogP contribution >= 0.6 is 11.3 Å². The van der Waals surface area contributed by atoms with Crippen LogP contribution in [0.3, 0.4) is 0 Å². The minimum absolute atomic E-state index is 0.0722. The van der Waals surface area contributed by atoms with Crippen LogP contribution in [0.5, 0.6) is 11.5 Å². The van der Waals surface area contributed by atoms with E-state index in [4.69, 9.17) is 9.47 Å². The van der Waals surface area contributed by atoms with Gasteiger partial charge in [0.1, 0.15) is 6.61 Å². The molecular weight excluding hydrogens is 302 g/mol. The van der Waals surface area contributed by atoms with Gasteiger partial charge < -0.3 is 14.6 Å². The van der Waals surface area contributed by atoms with Crippen molar-refractivity contribution in [3.05, 3.63) is 39.8 Å². The number of aromatic nitrogens is 1. The summed E-state index contributed by atoms with van der Waals surface area (Å²) in [4.78, 5) is 16.1. The predicted octanol–water partition coefficient (Wildman–Crippen LogP) is 3.10. The summed E-state index contributed by atoms with van der Waals surface area (Å²) in [6, 6.07) is 5.09. The number of phenols is 1. The van der Waals surface area contributed by atoms with Crippen molar-refractivity contribution in [2.24, 2.45) is 0 Å². The number of carbonyl (C=O) groups is 1. The maximum Gasteiger partial charge on any atom is 0.306 e. The molecule has 2 aromatic rings. The van der Waals surface area contributed by atoms with Crippen LogP contribution < -0.4 is 4.74 Å². The molecule has 0 aliphatic heterocycles. The number of thiazole rings is 1. The summed E-state index contributed by atoms with van der Waals surface area (Å²) in [6.45, 7) is 2.25. The van der Waals surface area contributed by atoms with E-state index in [9.17, 15) is 9.90 Å². The van der Waals surface area contributed by atoms with E-state index in [1.54, 1.807) is 23.5 Å². The fraction of sp³-hybridized carbons (Fsp3) is 0.375. The maximum absolute atomic E-state index is 11.7. The average molecular weight is 321 g/mol. The van der Waals surface area contributed by atoms with Crippen molar-refractivity contribution in [3.8, 4) is 11.5 Å². The zero-order valence-electron chi connectivity index (χ0n) is 12.7. The third-order valence-electron chi connectivity index (χ3n) is 3.14. The minimum Gasteiger partial charge on any atom is -0.504 e. The molecule has 0 fully saturated rings. The van der Waals surface area contributed by atoms with Crippen LogP contribution in [0.1, 0.15) is 29.6 Å². The molecule has 118 valence electrons. The molecule has 0 unspecified atom stereocenters. The average Bonchev–Trinajstić information content (AvgIpc) is 2.99. The number of aromatic hydroxyl groups is 1. The van der Waals surface area contributed by atoms with Gasteiger partial charge in [0.2, 0.25) is 0 Å². The van der Waals surface area contributed by atoms with Gasteiger partial charge in [-0.05, 0) is 30.5 Å². The monoisotopic (exact) mass is 321 g/mol. The Hall–Kier alpha value is -2.08. The molecule has 5 nitrogen and oxygen atoms in total. The van der Waals surface area contributed by atoms with Gasteiger partial charge in [0.25, 0.3) is 0 Å². The molecule has 0 spiro atoms. The number of methoxy groups -OCH3 is 1. The van der Waals surface area contributed by atoms with E-state index in [2.05, 4.69) is 4.98 Å². The van der Waals surface area contributed by atoms with Gasteiger partial charge in [0.05, 0.1) is 17.8 Å². The SMILES string of the molecule is CCc1nc(COC(=O)CCc2ccc(OC)c(O)c2)cs1. The zero-order valence-corrected chi connectivity index (χ0v) is 13.5. The molecule has 1 heterocycles. The fourth-order valence-corrected chi connectivity index (χ4v) is 2.67. The molecule has 1 aromatic carbocycles. The first-order chi connectivity index (χ1) is 10.6. The second kappa shape index (κ2) is 7.79. The summed E-state index contributed by atoms with van der Waals surface area (Å²) in [5.41, 5.74) is 1.65. The van der Waals surface area contributed by atoms with Gasteiger partial charge in [-0.2, -0.15) is 0 Å². The lowest BCUT2D eigenvalue weighted by molar-refractivity contribution is -0.145. The number of hydrogen-bond donors (Lipinski definition) is 1. The third-order valence-corrected chi connectivity index (χ3v) is 4.19. The lowest BCUT2D eigenvalue weighted by Crippen LogP contribution is -2.06. The van der Waals surface area contributed by atoms with Gasteiger partial charge >= 0.3 is 5.97 Å². The number of carbonyl (C=O) groups excluding carboxylic acids is 1. The Morgan fingerprint density at radius 2 is 2.23 bits per heavy atom. The molecule has 1 N–H and O–H groups in total. The minimum atomic E-state index is -0.277. The van der Waals surface area contributed by atoms with E-state index in [1.165, 1.54) is 7.11 Å². The van der Waals surface area contributed by atoms with E-state index in [1.807, 2.05) is 18.4 Å². The molecule has 0 saturated heterocycles. The standard InChI is InChI=1S/C16H19NO4S/c1-3-15-17-12(10-22-15)9-21-16(19)7-5-11-4-6-14(20-2)13(18)8-11/h4,6,8,10,18H,3,5,7,9H2,1-2H3. The summed E-state index contributed by atoms with van der Waals surface area (Å²) in [5.74, 6) is 0.214. The van der Waals surface area contributed by atoms with Crippen molar-refractivity contribution in [2.45, 2.75) is 32.8 Å². The molecule has 0 amide bonds. The highest BCUT2D eigenvalue weighted by Gasteiger charge is 2.08. The molecule has 0 aliphatic rings. The fourth-order valence-electron chi connectivity index (χ4n) is 1.94. The Morgan fingerprint density at radius 3 is 2.86 bits per heavy atom. The number of ether oxygens (including phenoxy) is 2. The number of hydrogen-bond acceptors (Lipinski definition) is 6. The summed E-state index contributed by atoms with van der Waals surface area (Å²) >= 11 is 1.57. The summed E-state index contributed by atoms with van der Waals surface area (Å²) in [6.07, 6.45) is 1.66. The normalized spacial score (nSPS) is 10.5. The molecule has 0 aliphatic carbocycles. The van der Waals surface area contributed by atoms with Crippen molar-refractivity contribution in [1.29, 1.82) is 0 Å². The summed E-state index contributed by atoms with van der Waals surface area (Å²) in [5, 5.41) is 12.6. The van der Waals surface area contributed by atoms with Crippen molar-refractivity contribution >= 4 is 17.3 Å². The first kappa shape index (κ1) is 16.3. The number of phenolic OH excluding ortho intramolecular Hbond substituents is 1. The number of aryl methyl sites for hydroxylation is 2. The molecule has 22 heavy (non-hydrogen) atoms. The maximum atomic E-state index is 11.7. The Labute approximate surface area is 133 Å². The Balaban J connectivity index is 1.78. The van der Waals surface area contributed by atoms with Gasteiger partial charge in [0.15, 0.2) is 11.5 Å². The highest BCUT2D eigenvalue weighted by molar-refractivity contribution is 7.09. The number of nitrogens with zero attached hydrogens (tertiary/aromatic N) is 1. The van der Waals surface area contributed by atoms with Crippen LogP contribution in [0.15, 0.2) is 23.6 Å². The largest absolute Gasteiger partial charge is 0.504 e. The predicted molar refractivity (Wildman–Crippen MR) is 84.3 cm³/mol. The Bertz CT molecular complexity index is 639. The van der Waals surface area contributed by atoms with Crippen molar-refractivity contribution in [2.75, 3.05) is 7.11 Å². The van der Waals surface area contributed by atoms with Crippen LogP contribution in [0.4, 0.5) is 0 Å². The van der Waals surface area contributed by atoms with Gasteiger partial charge in [-0.15, -0.1) is 11.3 Å². The Morgan fingerprint density at radius 1 is 1.41 bits per heavy atom. The van der Waals surface area contributed by atoms with Gasteiger partial charge in [-0.3, -0.25) is 4.79 Å². The van der Waals surface area contributed by atoms with Crippen molar-refractivity contribution < 1.29 is 19.4 Å². The third kappa shape index (κ3) is 4.46. The van der Waals surface area contributed by atoms with Gasteiger partial charge in [0, 0.05) is 11.8 Å². The number of esters is 1. The molecule has 0 bridgehead atoms. The molecule has 6 heteroatoms. The second-order valence-corrected chi connectivity index (χ2v) is 5.70. The zero-order chi connectivity index (χ0) is 15.9. The van der Waals surface area contributed by atoms with Gasteiger partial charge in [-0.1, -0.05) is 13.0 Å². The topological polar surface area (TPSA) is 68.7 Å². The van der Waals surface area contributed by atoms with E-state index in [-0.39, 0.29) is 24.7 Å². The van der Waals surface area contributed by atoms with E-state index in [0.29, 0.717) is 12.2 Å².